The summed E-state index contributed by atoms with van der Waals surface area (Å²) in [7, 11) is 0. The quantitative estimate of drug-likeness (QED) is 0.843. The van der Waals surface area contributed by atoms with Crippen LogP contribution in [0.2, 0.25) is 0 Å². The summed E-state index contributed by atoms with van der Waals surface area (Å²) in [6.45, 7) is 2.25. The van der Waals surface area contributed by atoms with Crippen molar-refractivity contribution >= 4 is 17.2 Å². The van der Waals surface area contributed by atoms with Gasteiger partial charge in [0.1, 0.15) is 0 Å². The molecule has 0 aliphatic carbocycles. The van der Waals surface area contributed by atoms with E-state index in [4.69, 9.17) is 4.74 Å². The van der Waals surface area contributed by atoms with Crippen molar-refractivity contribution in [2.45, 2.75) is 25.3 Å². The van der Waals surface area contributed by atoms with Gasteiger partial charge in [-0.2, -0.15) is 0 Å². The molecule has 3 heterocycles. The number of nitrogens with zero attached hydrogens (tertiary/aromatic N) is 1. The molecule has 0 bridgehead atoms. The monoisotopic (exact) mass is 327 g/mol. The molecule has 0 N–H and O–H groups in total. The SMILES string of the molecule is O=C(C1CCOCC1)N1CCc2sccc2[C@H]1c1ccccc1. The molecule has 1 aromatic carbocycles. The molecule has 1 atom stereocenters. The topological polar surface area (TPSA) is 29.5 Å². The van der Waals surface area contributed by atoms with E-state index in [-0.39, 0.29) is 12.0 Å². The molecule has 1 saturated heterocycles. The molecule has 4 rings (SSSR count). The van der Waals surface area contributed by atoms with Gasteiger partial charge in [0.15, 0.2) is 0 Å². The first kappa shape index (κ1) is 14.9. The number of benzene rings is 1. The summed E-state index contributed by atoms with van der Waals surface area (Å²) in [5.41, 5.74) is 2.53. The van der Waals surface area contributed by atoms with E-state index < -0.39 is 0 Å². The predicted octanol–water partition coefficient (Wildman–Crippen LogP) is 3.65. The highest BCUT2D eigenvalue weighted by Gasteiger charge is 2.36. The van der Waals surface area contributed by atoms with Gasteiger partial charge in [-0.15, -0.1) is 11.3 Å². The summed E-state index contributed by atoms with van der Waals surface area (Å²) in [4.78, 5) is 16.7. The largest absolute Gasteiger partial charge is 0.381 e. The van der Waals surface area contributed by atoms with Crippen molar-refractivity contribution in [2.75, 3.05) is 19.8 Å². The Hall–Kier alpha value is -1.65. The third-order valence-corrected chi connectivity index (χ3v) is 5.93. The van der Waals surface area contributed by atoms with Gasteiger partial charge in [-0.3, -0.25) is 4.79 Å². The first-order chi connectivity index (χ1) is 11.3. The smallest absolute Gasteiger partial charge is 0.226 e. The van der Waals surface area contributed by atoms with E-state index in [1.165, 1.54) is 16.0 Å². The second kappa shape index (κ2) is 6.46. The van der Waals surface area contributed by atoms with Crippen molar-refractivity contribution in [3.05, 3.63) is 57.8 Å². The summed E-state index contributed by atoms with van der Waals surface area (Å²) in [5, 5.41) is 2.16. The summed E-state index contributed by atoms with van der Waals surface area (Å²) in [6.07, 6.45) is 2.69. The van der Waals surface area contributed by atoms with E-state index in [1.54, 1.807) is 0 Å². The van der Waals surface area contributed by atoms with Gasteiger partial charge < -0.3 is 9.64 Å². The van der Waals surface area contributed by atoms with Crippen molar-refractivity contribution in [3.8, 4) is 0 Å². The molecule has 1 amide bonds. The summed E-state index contributed by atoms with van der Waals surface area (Å²) < 4.78 is 5.42. The van der Waals surface area contributed by atoms with Gasteiger partial charge in [-0.1, -0.05) is 30.3 Å². The highest BCUT2D eigenvalue weighted by molar-refractivity contribution is 7.10. The van der Waals surface area contributed by atoms with E-state index in [9.17, 15) is 4.79 Å². The Balaban J connectivity index is 1.69. The fraction of sp³-hybridized carbons (Fsp3) is 0.421. The number of hydrogen-bond acceptors (Lipinski definition) is 3. The Morgan fingerprint density at radius 3 is 2.70 bits per heavy atom. The molecule has 0 saturated carbocycles. The molecule has 23 heavy (non-hydrogen) atoms. The van der Waals surface area contributed by atoms with Crippen LogP contribution in [0.25, 0.3) is 0 Å². The molecule has 0 radical (unpaired) electrons. The number of thiophene rings is 1. The number of rotatable bonds is 2. The van der Waals surface area contributed by atoms with Gasteiger partial charge in [0.2, 0.25) is 5.91 Å². The fourth-order valence-electron chi connectivity index (χ4n) is 3.73. The van der Waals surface area contributed by atoms with Crippen LogP contribution < -0.4 is 0 Å². The summed E-state index contributed by atoms with van der Waals surface area (Å²) in [6, 6.07) is 12.7. The number of ether oxygens (including phenoxy) is 1. The lowest BCUT2D eigenvalue weighted by atomic mass is 9.90. The van der Waals surface area contributed by atoms with Gasteiger partial charge in [0.05, 0.1) is 6.04 Å². The van der Waals surface area contributed by atoms with Crippen molar-refractivity contribution < 1.29 is 9.53 Å². The van der Waals surface area contributed by atoms with E-state index in [0.717, 1.165) is 25.8 Å². The molecule has 3 nitrogen and oxygen atoms in total. The molecule has 0 unspecified atom stereocenters. The van der Waals surface area contributed by atoms with Gasteiger partial charge in [-0.25, -0.2) is 0 Å². The van der Waals surface area contributed by atoms with E-state index in [0.29, 0.717) is 19.1 Å². The molecular formula is C19H21NO2S. The van der Waals surface area contributed by atoms with Crippen molar-refractivity contribution in [2.24, 2.45) is 5.92 Å². The van der Waals surface area contributed by atoms with Crippen molar-refractivity contribution in [3.63, 3.8) is 0 Å². The normalized spacial score (nSPS) is 21.9. The number of hydrogen-bond donors (Lipinski definition) is 0. The molecule has 1 aromatic heterocycles. The zero-order valence-corrected chi connectivity index (χ0v) is 13.9. The molecule has 2 aromatic rings. The lowest BCUT2D eigenvalue weighted by Crippen LogP contribution is -2.44. The maximum absolute atomic E-state index is 13.1. The van der Waals surface area contributed by atoms with Crippen LogP contribution in [-0.4, -0.2) is 30.6 Å². The van der Waals surface area contributed by atoms with Gasteiger partial charge >= 0.3 is 0 Å². The van der Waals surface area contributed by atoms with Crippen LogP contribution in [0.4, 0.5) is 0 Å². The van der Waals surface area contributed by atoms with Crippen LogP contribution in [-0.2, 0) is 16.0 Å². The first-order valence-electron chi connectivity index (χ1n) is 8.34. The minimum absolute atomic E-state index is 0.0709. The number of fused-ring (bicyclic) bond motifs is 1. The van der Waals surface area contributed by atoms with Gasteiger partial charge in [-0.05, 0) is 41.8 Å². The van der Waals surface area contributed by atoms with Crippen LogP contribution in [0.5, 0.6) is 0 Å². The standard InChI is InChI=1S/C19H21NO2S/c21-19(15-7-11-22-12-8-15)20-10-6-17-16(9-13-23-17)18(20)14-4-2-1-3-5-14/h1-5,9,13,15,18H,6-8,10-12H2/t18-/m1/s1. The summed E-state index contributed by atoms with van der Waals surface area (Å²) >= 11 is 1.82. The number of amides is 1. The van der Waals surface area contributed by atoms with E-state index >= 15 is 0 Å². The third-order valence-electron chi connectivity index (χ3n) is 4.93. The maximum Gasteiger partial charge on any atom is 0.226 e. The van der Waals surface area contributed by atoms with Crippen LogP contribution in [0.1, 0.15) is 34.9 Å². The average Bonchev–Trinajstić information content (AvgIpc) is 3.10. The average molecular weight is 327 g/mol. The summed E-state index contributed by atoms with van der Waals surface area (Å²) in [5.74, 6) is 0.425. The highest BCUT2D eigenvalue weighted by atomic mass is 32.1. The first-order valence-corrected chi connectivity index (χ1v) is 9.22. The van der Waals surface area contributed by atoms with Crippen LogP contribution >= 0.6 is 11.3 Å². The molecule has 0 spiro atoms. The lowest BCUT2D eigenvalue weighted by Gasteiger charge is -2.39. The molecule has 120 valence electrons. The zero-order chi connectivity index (χ0) is 15.6. The fourth-order valence-corrected chi connectivity index (χ4v) is 4.63. The van der Waals surface area contributed by atoms with Crippen LogP contribution in [0.15, 0.2) is 41.8 Å². The molecule has 2 aliphatic rings. The Labute approximate surface area is 140 Å². The molecular weight excluding hydrogens is 306 g/mol. The second-order valence-corrected chi connectivity index (χ2v) is 7.28. The van der Waals surface area contributed by atoms with E-state index in [2.05, 4.69) is 40.6 Å². The van der Waals surface area contributed by atoms with Crippen molar-refractivity contribution in [1.82, 2.24) is 4.90 Å². The van der Waals surface area contributed by atoms with Gasteiger partial charge in [0, 0.05) is 30.6 Å². The maximum atomic E-state index is 13.1. The van der Waals surface area contributed by atoms with Crippen LogP contribution in [0.3, 0.4) is 0 Å². The van der Waals surface area contributed by atoms with Gasteiger partial charge in [0.25, 0.3) is 0 Å². The Kier molecular flexibility index (Phi) is 4.19. The molecule has 4 heteroatoms. The predicted molar refractivity (Wildman–Crippen MR) is 91.6 cm³/mol. The second-order valence-electron chi connectivity index (χ2n) is 6.28. The Bertz CT molecular complexity index is 676. The number of carbonyl (C=O) groups excluding carboxylic acids is 1. The van der Waals surface area contributed by atoms with E-state index in [1.807, 2.05) is 17.4 Å². The Morgan fingerprint density at radius 1 is 1.13 bits per heavy atom. The minimum atomic E-state index is 0.0709. The molecule has 1 fully saturated rings. The highest BCUT2D eigenvalue weighted by Crippen LogP contribution is 2.39. The molecule has 2 aliphatic heterocycles. The lowest BCUT2D eigenvalue weighted by molar-refractivity contribution is -0.140. The number of carbonyl (C=O) groups is 1. The Morgan fingerprint density at radius 2 is 1.91 bits per heavy atom. The minimum Gasteiger partial charge on any atom is -0.381 e. The zero-order valence-electron chi connectivity index (χ0n) is 13.1. The van der Waals surface area contributed by atoms with Crippen LogP contribution in [0, 0.1) is 5.92 Å². The van der Waals surface area contributed by atoms with Crippen molar-refractivity contribution in [1.29, 1.82) is 0 Å². The third kappa shape index (κ3) is 2.81.